The number of rotatable bonds is 0. The molecule has 0 aliphatic rings. The highest BCUT2D eigenvalue weighted by Gasteiger charge is 1.91. The highest BCUT2D eigenvalue weighted by atomic mass is 35.5. The van der Waals surface area contributed by atoms with Crippen molar-refractivity contribution in [3.63, 3.8) is 0 Å². The zero-order chi connectivity index (χ0) is 6.97. The molecule has 0 unspecified atom stereocenters. The van der Waals surface area contributed by atoms with Crippen molar-refractivity contribution in [3.8, 4) is 0 Å². The van der Waals surface area contributed by atoms with Gasteiger partial charge < -0.3 is 4.40 Å². The van der Waals surface area contributed by atoms with Crippen LogP contribution in [0.5, 0.6) is 0 Å². The standard InChI is InChI=1S/C7H5ClN2/c8-6-4-9-7-2-1-3-10(7)5-6/h1-5H. The molecule has 0 saturated heterocycles. The van der Waals surface area contributed by atoms with Crippen LogP contribution in [0.4, 0.5) is 0 Å². The Morgan fingerprint density at radius 2 is 2.40 bits per heavy atom. The molecule has 0 spiro atoms. The Bertz CT molecular complexity index is 353. The molecule has 2 nitrogen and oxygen atoms in total. The fourth-order valence-corrected chi connectivity index (χ4v) is 1.05. The maximum Gasteiger partial charge on any atom is 0.136 e. The van der Waals surface area contributed by atoms with Crippen LogP contribution in [-0.2, 0) is 0 Å². The second-order valence-electron chi connectivity index (χ2n) is 2.05. The molecular weight excluding hydrogens is 148 g/mol. The van der Waals surface area contributed by atoms with E-state index in [1.54, 1.807) is 6.20 Å². The van der Waals surface area contributed by atoms with Gasteiger partial charge in [0, 0.05) is 18.6 Å². The monoisotopic (exact) mass is 152 g/mol. The molecule has 2 aromatic heterocycles. The second-order valence-corrected chi connectivity index (χ2v) is 2.48. The topological polar surface area (TPSA) is 17.3 Å². The molecule has 0 aliphatic heterocycles. The van der Waals surface area contributed by atoms with Crippen LogP contribution >= 0.6 is 11.6 Å². The Morgan fingerprint density at radius 3 is 3.30 bits per heavy atom. The smallest absolute Gasteiger partial charge is 0.136 e. The van der Waals surface area contributed by atoms with Crippen LogP contribution in [0.25, 0.3) is 5.65 Å². The van der Waals surface area contributed by atoms with Crippen LogP contribution < -0.4 is 0 Å². The lowest BCUT2D eigenvalue weighted by atomic mass is 10.6. The first-order valence-corrected chi connectivity index (χ1v) is 3.32. The predicted octanol–water partition coefficient (Wildman–Crippen LogP) is 1.99. The van der Waals surface area contributed by atoms with Gasteiger partial charge in [-0.15, -0.1) is 0 Å². The van der Waals surface area contributed by atoms with Gasteiger partial charge in [0.1, 0.15) is 5.65 Å². The number of hydrogen-bond donors (Lipinski definition) is 0. The first-order valence-electron chi connectivity index (χ1n) is 2.94. The Balaban J connectivity index is 2.86. The van der Waals surface area contributed by atoms with Gasteiger partial charge in [0.05, 0.1) is 5.02 Å². The van der Waals surface area contributed by atoms with Crippen molar-refractivity contribution in [2.24, 2.45) is 0 Å². The van der Waals surface area contributed by atoms with Crippen LogP contribution in [0.3, 0.4) is 0 Å². The molecule has 0 bridgehead atoms. The van der Waals surface area contributed by atoms with Crippen molar-refractivity contribution in [2.45, 2.75) is 0 Å². The molecule has 2 aromatic rings. The third kappa shape index (κ3) is 0.772. The van der Waals surface area contributed by atoms with E-state index >= 15 is 0 Å². The summed E-state index contributed by atoms with van der Waals surface area (Å²) in [5.41, 5.74) is 0.921. The zero-order valence-electron chi connectivity index (χ0n) is 5.16. The third-order valence-corrected chi connectivity index (χ3v) is 1.53. The summed E-state index contributed by atoms with van der Waals surface area (Å²) < 4.78 is 1.88. The summed E-state index contributed by atoms with van der Waals surface area (Å²) in [5.74, 6) is 0. The SMILES string of the molecule is Clc1cnc2cccn2c1. The molecule has 0 amide bonds. The first kappa shape index (κ1) is 5.74. The summed E-state index contributed by atoms with van der Waals surface area (Å²) >= 11 is 5.69. The van der Waals surface area contributed by atoms with Crippen molar-refractivity contribution in [2.75, 3.05) is 0 Å². The summed E-state index contributed by atoms with van der Waals surface area (Å²) in [5, 5.41) is 0.656. The van der Waals surface area contributed by atoms with Gasteiger partial charge in [0.25, 0.3) is 0 Å². The van der Waals surface area contributed by atoms with Gasteiger partial charge in [0.15, 0.2) is 0 Å². The lowest BCUT2D eigenvalue weighted by Gasteiger charge is -1.91. The second kappa shape index (κ2) is 1.99. The van der Waals surface area contributed by atoms with Gasteiger partial charge in [-0.25, -0.2) is 4.98 Å². The molecule has 10 heavy (non-hydrogen) atoms. The number of hydrogen-bond acceptors (Lipinski definition) is 1. The molecule has 0 aliphatic carbocycles. The lowest BCUT2D eigenvalue weighted by molar-refractivity contribution is 1.13. The quantitative estimate of drug-likeness (QED) is 0.564. The average molecular weight is 153 g/mol. The minimum atomic E-state index is 0.656. The number of halogens is 1. The van der Waals surface area contributed by atoms with Crippen LogP contribution in [0.15, 0.2) is 30.7 Å². The van der Waals surface area contributed by atoms with E-state index in [0.29, 0.717) is 5.02 Å². The fraction of sp³-hybridized carbons (Fsp3) is 0. The Kier molecular flexibility index (Phi) is 1.14. The Hall–Kier alpha value is -1.02. The van der Waals surface area contributed by atoms with E-state index in [0.717, 1.165) is 5.65 Å². The Labute approximate surface area is 63.1 Å². The predicted molar refractivity (Wildman–Crippen MR) is 40.2 cm³/mol. The maximum atomic E-state index is 5.69. The molecule has 3 heteroatoms. The number of aromatic nitrogens is 2. The number of fused-ring (bicyclic) bond motifs is 1. The highest BCUT2D eigenvalue weighted by molar-refractivity contribution is 6.30. The van der Waals surface area contributed by atoms with E-state index in [1.165, 1.54) is 0 Å². The highest BCUT2D eigenvalue weighted by Crippen LogP contribution is 2.07. The molecule has 0 N–H and O–H groups in total. The van der Waals surface area contributed by atoms with Crippen molar-refractivity contribution in [3.05, 3.63) is 35.7 Å². The van der Waals surface area contributed by atoms with Gasteiger partial charge in [-0.05, 0) is 12.1 Å². The van der Waals surface area contributed by atoms with Gasteiger partial charge in [-0.2, -0.15) is 0 Å². The van der Waals surface area contributed by atoms with E-state index in [9.17, 15) is 0 Å². The van der Waals surface area contributed by atoms with Crippen LogP contribution in [-0.4, -0.2) is 9.38 Å². The van der Waals surface area contributed by atoms with E-state index in [-0.39, 0.29) is 0 Å². The van der Waals surface area contributed by atoms with E-state index in [4.69, 9.17) is 11.6 Å². The molecule has 0 saturated carbocycles. The molecule has 2 rings (SSSR count). The van der Waals surface area contributed by atoms with Crippen molar-refractivity contribution >= 4 is 17.2 Å². The fourth-order valence-electron chi connectivity index (χ4n) is 0.897. The van der Waals surface area contributed by atoms with Gasteiger partial charge in [-0.1, -0.05) is 11.6 Å². The molecule has 2 heterocycles. The maximum absolute atomic E-state index is 5.69. The van der Waals surface area contributed by atoms with Crippen LogP contribution in [0.2, 0.25) is 5.02 Å². The molecule has 0 atom stereocenters. The van der Waals surface area contributed by atoms with Crippen molar-refractivity contribution in [1.29, 1.82) is 0 Å². The molecule has 0 fully saturated rings. The van der Waals surface area contributed by atoms with Crippen molar-refractivity contribution in [1.82, 2.24) is 9.38 Å². The minimum absolute atomic E-state index is 0.656. The van der Waals surface area contributed by atoms with Crippen LogP contribution in [0, 0.1) is 0 Å². The summed E-state index contributed by atoms with van der Waals surface area (Å²) in [4.78, 5) is 4.07. The van der Waals surface area contributed by atoms with Gasteiger partial charge in [-0.3, -0.25) is 0 Å². The molecular formula is C7H5ClN2. The Morgan fingerprint density at radius 1 is 1.50 bits per heavy atom. The lowest BCUT2D eigenvalue weighted by Crippen LogP contribution is -1.83. The number of nitrogens with zero attached hydrogens (tertiary/aromatic N) is 2. The van der Waals surface area contributed by atoms with Crippen molar-refractivity contribution < 1.29 is 0 Å². The molecule has 50 valence electrons. The van der Waals surface area contributed by atoms with E-state index in [2.05, 4.69) is 4.98 Å². The van der Waals surface area contributed by atoms with E-state index in [1.807, 2.05) is 28.9 Å². The normalized spacial score (nSPS) is 10.5. The zero-order valence-corrected chi connectivity index (χ0v) is 5.92. The largest absolute Gasteiger partial charge is 0.307 e. The van der Waals surface area contributed by atoms with Gasteiger partial charge >= 0.3 is 0 Å². The summed E-state index contributed by atoms with van der Waals surface area (Å²) in [6.07, 6.45) is 5.37. The minimum Gasteiger partial charge on any atom is -0.307 e. The summed E-state index contributed by atoms with van der Waals surface area (Å²) in [6.45, 7) is 0. The van der Waals surface area contributed by atoms with Gasteiger partial charge in [0.2, 0.25) is 0 Å². The molecule has 0 aromatic carbocycles. The summed E-state index contributed by atoms with van der Waals surface area (Å²) in [6, 6.07) is 3.86. The summed E-state index contributed by atoms with van der Waals surface area (Å²) in [7, 11) is 0. The molecule has 0 radical (unpaired) electrons. The average Bonchev–Trinajstić information content (AvgIpc) is 2.33. The third-order valence-electron chi connectivity index (χ3n) is 1.34. The van der Waals surface area contributed by atoms with E-state index < -0.39 is 0 Å². The van der Waals surface area contributed by atoms with Crippen LogP contribution in [0.1, 0.15) is 0 Å². The first-order chi connectivity index (χ1) is 4.86.